The summed E-state index contributed by atoms with van der Waals surface area (Å²) in [6.45, 7) is 10.5. The van der Waals surface area contributed by atoms with E-state index in [4.69, 9.17) is 9.47 Å². The number of esters is 2. The summed E-state index contributed by atoms with van der Waals surface area (Å²) in [5.41, 5.74) is -0.620. The Hall–Kier alpha value is -1.36. The standard InChI is InChI=1S/C22H34O5/c1-14-13-17(27-15(2)23)18-20(3,4)9-6-10-21(18,5)22(14,25)11-7-16-8-12-26-19(16)24/h8,14,17-18,25H,6-7,9-13H2,1-5H3/t14-,17-,18+,21+,22-/m1/s1. The van der Waals surface area contributed by atoms with Crippen molar-refractivity contribution in [3.8, 4) is 0 Å². The average molecular weight is 379 g/mol. The minimum absolute atomic E-state index is 0.0185. The predicted octanol–water partition coefficient (Wildman–Crippen LogP) is 3.79. The molecule has 152 valence electrons. The summed E-state index contributed by atoms with van der Waals surface area (Å²) in [5, 5.41) is 12.0. The quantitative estimate of drug-likeness (QED) is 0.754. The fourth-order valence-electron chi connectivity index (χ4n) is 6.51. The highest BCUT2D eigenvalue weighted by atomic mass is 16.5. The molecule has 3 aliphatic rings. The first-order valence-corrected chi connectivity index (χ1v) is 10.3. The third-order valence-corrected chi connectivity index (χ3v) is 7.71. The summed E-state index contributed by atoms with van der Waals surface area (Å²) >= 11 is 0. The van der Waals surface area contributed by atoms with Gasteiger partial charge < -0.3 is 14.6 Å². The lowest BCUT2D eigenvalue weighted by Crippen LogP contribution is -2.66. The summed E-state index contributed by atoms with van der Waals surface area (Å²) in [7, 11) is 0. The molecule has 2 saturated carbocycles. The highest BCUT2D eigenvalue weighted by Crippen LogP contribution is 2.64. The Kier molecular flexibility index (Phi) is 5.21. The van der Waals surface area contributed by atoms with E-state index in [0.717, 1.165) is 19.3 Å². The van der Waals surface area contributed by atoms with Crippen LogP contribution in [-0.2, 0) is 19.1 Å². The van der Waals surface area contributed by atoms with Gasteiger partial charge in [-0.05, 0) is 49.5 Å². The number of cyclic esters (lactones) is 1. The topological polar surface area (TPSA) is 72.8 Å². The first-order chi connectivity index (χ1) is 12.5. The van der Waals surface area contributed by atoms with Gasteiger partial charge in [-0.2, -0.15) is 0 Å². The van der Waals surface area contributed by atoms with E-state index in [-0.39, 0.29) is 40.7 Å². The van der Waals surface area contributed by atoms with Gasteiger partial charge in [0.2, 0.25) is 0 Å². The molecule has 0 saturated heterocycles. The average Bonchev–Trinajstić information content (AvgIpc) is 2.94. The predicted molar refractivity (Wildman–Crippen MR) is 102 cm³/mol. The number of hydrogen-bond acceptors (Lipinski definition) is 5. The zero-order valence-electron chi connectivity index (χ0n) is 17.3. The SMILES string of the molecule is CC(=O)O[C@@H]1C[C@@H](C)[C@](O)(CCC2=CCOC2=O)[C@@]2(C)CCCC(C)(C)[C@H]12. The molecule has 5 atom stereocenters. The van der Waals surface area contributed by atoms with Gasteiger partial charge in [-0.1, -0.05) is 34.1 Å². The fraction of sp³-hybridized carbons (Fsp3) is 0.818. The molecule has 1 heterocycles. The summed E-state index contributed by atoms with van der Waals surface area (Å²) in [4.78, 5) is 23.6. The van der Waals surface area contributed by atoms with Gasteiger partial charge in [0.25, 0.3) is 0 Å². The normalized spacial score (nSPS) is 40.7. The Morgan fingerprint density at radius 3 is 2.63 bits per heavy atom. The highest BCUT2D eigenvalue weighted by Gasteiger charge is 2.64. The van der Waals surface area contributed by atoms with Gasteiger partial charge in [0.15, 0.2) is 0 Å². The number of carbonyl (C=O) groups excluding carboxylic acids is 2. The maximum Gasteiger partial charge on any atom is 0.334 e. The molecule has 1 aliphatic heterocycles. The Bertz CT molecular complexity index is 651. The summed E-state index contributed by atoms with van der Waals surface area (Å²) in [6.07, 6.45) is 6.39. The van der Waals surface area contributed by atoms with Crippen LogP contribution in [0.3, 0.4) is 0 Å². The molecule has 27 heavy (non-hydrogen) atoms. The van der Waals surface area contributed by atoms with Crippen molar-refractivity contribution in [3.05, 3.63) is 11.6 Å². The molecule has 0 aromatic rings. The highest BCUT2D eigenvalue weighted by molar-refractivity contribution is 5.90. The molecule has 0 amide bonds. The minimum Gasteiger partial charge on any atom is -0.462 e. The van der Waals surface area contributed by atoms with E-state index in [1.165, 1.54) is 6.92 Å². The van der Waals surface area contributed by atoms with Crippen LogP contribution in [0.5, 0.6) is 0 Å². The second kappa shape index (κ2) is 6.91. The fourth-order valence-corrected chi connectivity index (χ4v) is 6.51. The van der Waals surface area contributed by atoms with E-state index in [2.05, 4.69) is 27.7 Å². The molecular weight excluding hydrogens is 344 g/mol. The van der Waals surface area contributed by atoms with Crippen molar-refractivity contribution < 1.29 is 24.2 Å². The lowest BCUT2D eigenvalue weighted by molar-refractivity contribution is -0.249. The van der Waals surface area contributed by atoms with E-state index in [1.807, 2.05) is 6.08 Å². The van der Waals surface area contributed by atoms with Crippen LogP contribution in [0, 0.1) is 22.7 Å². The summed E-state index contributed by atoms with van der Waals surface area (Å²) in [6, 6.07) is 0. The molecule has 5 nitrogen and oxygen atoms in total. The van der Waals surface area contributed by atoms with Crippen LogP contribution in [0.4, 0.5) is 0 Å². The van der Waals surface area contributed by atoms with Crippen LogP contribution < -0.4 is 0 Å². The van der Waals surface area contributed by atoms with Crippen molar-refractivity contribution in [2.75, 3.05) is 6.61 Å². The Morgan fingerprint density at radius 1 is 1.33 bits per heavy atom. The molecule has 2 fully saturated rings. The van der Waals surface area contributed by atoms with Crippen LogP contribution in [0.1, 0.15) is 73.1 Å². The summed E-state index contributed by atoms with van der Waals surface area (Å²) in [5.74, 6) is -0.436. The lowest BCUT2D eigenvalue weighted by atomic mass is 9.43. The van der Waals surface area contributed by atoms with Gasteiger partial charge in [-0.15, -0.1) is 0 Å². The van der Waals surface area contributed by atoms with Crippen molar-refractivity contribution in [2.45, 2.75) is 84.8 Å². The molecule has 5 heteroatoms. The number of hydrogen-bond donors (Lipinski definition) is 1. The van der Waals surface area contributed by atoms with Crippen molar-refractivity contribution in [3.63, 3.8) is 0 Å². The largest absolute Gasteiger partial charge is 0.462 e. The van der Waals surface area contributed by atoms with Gasteiger partial charge in [0.05, 0.1) is 5.60 Å². The van der Waals surface area contributed by atoms with E-state index in [0.29, 0.717) is 31.4 Å². The molecule has 0 aromatic carbocycles. The van der Waals surface area contributed by atoms with Gasteiger partial charge in [-0.25, -0.2) is 4.79 Å². The number of ether oxygens (including phenoxy) is 2. The lowest BCUT2D eigenvalue weighted by Gasteiger charge is -2.64. The number of rotatable bonds is 4. The van der Waals surface area contributed by atoms with Gasteiger partial charge >= 0.3 is 11.9 Å². The Balaban J connectivity index is 1.94. The molecule has 0 unspecified atom stereocenters. The van der Waals surface area contributed by atoms with Crippen LogP contribution >= 0.6 is 0 Å². The molecule has 0 aromatic heterocycles. The monoisotopic (exact) mass is 378 g/mol. The van der Waals surface area contributed by atoms with Crippen molar-refractivity contribution >= 4 is 11.9 Å². The minimum atomic E-state index is -0.907. The molecule has 3 rings (SSSR count). The van der Waals surface area contributed by atoms with Crippen molar-refractivity contribution in [1.29, 1.82) is 0 Å². The first-order valence-electron chi connectivity index (χ1n) is 10.3. The third kappa shape index (κ3) is 3.32. The van der Waals surface area contributed by atoms with Gasteiger partial charge in [-0.3, -0.25) is 4.79 Å². The Morgan fingerprint density at radius 2 is 2.04 bits per heavy atom. The van der Waals surface area contributed by atoms with Crippen LogP contribution in [0.2, 0.25) is 0 Å². The van der Waals surface area contributed by atoms with E-state index in [1.54, 1.807) is 0 Å². The second-order valence-corrected chi connectivity index (χ2v) is 9.77. The van der Waals surface area contributed by atoms with Crippen molar-refractivity contribution in [2.24, 2.45) is 22.7 Å². The molecule has 2 aliphatic carbocycles. The number of fused-ring (bicyclic) bond motifs is 1. The Labute approximate surface area is 162 Å². The van der Waals surface area contributed by atoms with Gasteiger partial charge in [0, 0.05) is 23.8 Å². The zero-order chi connectivity index (χ0) is 20.0. The summed E-state index contributed by atoms with van der Waals surface area (Å²) < 4.78 is 10.8. The first kappa shape index (κ1) is 20.4. The number of aliphatic hydroxyl groups is 1. The van der Waals surface area contributed by atoms with Crippen LogP contribution in [-0.4, -0.2) is 35.4 Å². The van der Waals surface area contributed by atoms with E-state index < -0.39 is 5.60 Å². The third-order valence-electron chi connectivity index (χ3n) is 7.71. The van der Waals surface area contributed by atoms with Crippen molar-refractivity contribution in [1.82, 2.24) is 0 Å². The maximum absolute atomic E-state index is 12.0. The van der Waals surface area contributed by atoms with Crippen LogP contribution in [0.15, 0.2) is 11.6 Å². The molecular formula is C22H34O5. The van der Waals surface area contributed by atoms with E-state index >= 15 is 0 Å². The maximum atomic E-state index is 12.0. The molecule has 1 N–H and O–H groups in total. The molecule has 0 spiro atoms. The number of carbonyl (C=O) groups is 2. The zero-order valence-corrected chi connectivity index (χ0v) is 17.3. The molecule has 0 bridgehead atoms. The second-order valence-electron chi connectivity index (χ2n) is 9.77. The molecule has 0 radical (unpaired) electrons. The smallest absolute Gasteiger partial charge is 0.334 e. The van der Waals surface area contributed by atoms with Gasteiger partial charge in [0.1, 0.15) is 12.7 Å². The van der Waals surface area contributed by atoms with E-state index in [9.17, 15) is 14.7 Å². The van der Waals surface area contributed by atoms with Crippen LogP contribution in [0.25, 0.3) is 0 Å².